The van der Waals surface area contributed by atoms with E-state index < -0.39 is 54.2 Å². The predicted octanol–water partition coefficient (Wildman–Crippen LogP) is 7.17. The largest absolute Gasteiger partial charge is 0.462 e. The van der Waals surface area contributed by atoms with Crippen molar-refractivity contribution in [3.05, 3.63) is 79.0 Å². The summed E-state index contributed by atoms with van der Waals surface area (Å²) in [5, 5.41) is 17.2. The number of sulfonamides is 1. The third-order valence-electron chi connectivity index (χ3n) is 9.89. The molecule has 3 aromatic carbocycles. The molecule has 3 N–H and O–H groups in total. The van der Waals surface area contributed by atoms with E-state index in [4.69, 9.17) is 9.15 Å². The Hall–Kier alpha value is -5.48. The molecule has 0 spiro atoms. The number of nitrogens with zero attached hydrogens (tertiary/aromatic N) is 1. The van der Waals surface area contributed by atoms with Gasteiger partial charge in [0.1, 0.15) is 5.41 Å². The average Bonchev–Trinajstić information content (AvgIpc) is 3.14. The third kappa shape index (κ3) is 7.73. The van der Waals surface area contributed by atoms with Crippen LogP contribution in [0.2, 0.25) is 0 Å². The number of hydrogen-bond acceptors (Lipinski definition) is 11. The molecule has 2 heterocycles. The molecule has 16 heteroatoms. The Morgan fingerprint density at radius 3 is 2.22 bits per heavy atom. The van der Waals surface area contributed by atoms with Crippen molar-refractivity contribution in [2.45, 2.75) is 90.9 Å². The van der Waals surface area contributed by atoms with E-state index in [1.54, 1.807) is 6.92 Å². The lowest BCUT2D eigenvalue weighted by Crippen LogP contribution is -2.47. The van der Waals surface area contributed by atoms with Crippen LogP contribution in [0.1, 0.15) is 116 Å². The van der Waals surface area contributed by atoms with E-state index >= 15 is 0 Å². The summed E-state index contributed by atoms with van der Waals surface area (Å²) >= 11 is 0. The number of Topliss-reactive ketones (excluding diaryl/α,β-unsaturated/α-hetero) is 1. The molecule has 55 heavy (non-hydrogen) atoms. The van der Waals surface area contributed by atoms with Crippen LogP contribution in [0.15, 0.2) is 50.5 Å². The van der Waals surface area contributed by atoms with Crippen molar-refractivity contribution in [1.82, 2.24) is 4.72 Å². The third-order valence-corrected chi connectivity index (χ3v) is 11.3. The number of nitrogens with one attached hydrogen (secondary N) is 3. The molecule has 15 nitrogen and oxygen atoms in total. The SMILES string of the molecule is CCCCNS(=O)(=O)c1cc(C(=O)Nc2cc(C(=O)OCC)cc3c(=O)c4ccc5c(c4oc23)NC(=O)C(CCCC)(CCCC)C5=O)c(C)c([N+](=O)[O-])c1. The molecule has 0 saturated heterocycles. The number of benzene rings is 3. The Morgan fingerprint density at radius 1 is 0.927 bits per heavy atom. The van der Waals surface area contributed by atoms with Crippen LogP contribution in [0.3, 0.4) is 0 Å². The van der Waals surface area contributed by atoms with Crippen molar-refractivity contribution in [1.29, 1.82) is 0 Å². The minimum Gasteiger partial charge on any atom is -0.462 e. The van der Waals surface area contributed by atoms with Gasteiger partial charge in [0.2, 0.25) is 21.4 Å². The fourth-order valence-corrected chi connectivity index (χ4v) is 7.92. The summed E-state index contributed by atoms with van der Waals surface area (Å²) < 4.78 is 40.1. The second kappa shape index (κ2) is 16.5. The van der Waals surface area contributed by atoms with Crippen molar-refractivity contribution in [2.24, 2.45) is 5.41 Å². The smallest absolute Gasteiger partial charge is 0.338 e. The quantitative estimate of drug-likeness (QED) is 0.0258. The maximum absolute atomic E-state index is 14.2. The Labute approximate surface area is 317 Å². The number of nitro benzene ring substituents is 1. The molecule has 4 aromatic rings. The van der Waals surface area contributed by atoms with Crippen LogP contribution in [0, 0.1) is 22.5 Å². The van der Waals surface area contributed by atoms with Gasteiger partial charge >= 0.3 is 5.97 Å². The zero-order chi connectivity index (χ0) is 40.2. The van der Waals surface area contributed by atoms with Crippen molar-refractivity contribution >= 4 is 72.6 Å². The molecule has 0 fully saturated rings. The van der Waals surface area contributed by atoms with E-state index in [1.807, 2.05) is 20.8 Å². The van der Waals surface area contributed by atoms with Crippen LogP contribution in [0.4, 0.5) is 17.1 Å². The summed E-state index contributed by atoms with van der Waals surface area (Å²) in [5.74, 6) is -2.76. The maximum atomic E-state index is 14.2. The Morgan fingerprint density at radius 2 is 1.60 bits per heavy atom. The molecule has 0 radical (unpaired) electrons. The van der Waals surface area contributed by atoms with Crippen molar-refractivity contribution in [3.8, 4) is 0 Å². The number of fused-ring (bicyclic) bond motifs is 4. The van der Waals surface area contributed by atoms with Gasteiger partial charge in [0.15, 0.2) is 16.9 Å². The first kappa shape index (κ1) is 40.7. The number of amides is 2. The monoisotopic (exact) mass is 776 g/mol. The van der Waals surface area contributed by atoms with Gasteiger partial charge in [-0.1, -0.05) is 52.9 Å². The van der Waals surface area contributed by atoms with Gasteiger partial charge in [0, 0.05) is 23.7 Å². The van der Waals surface area contributed by atoms with Crippen LogP contribution >= 0.6 is 0 Å². The summed E-state index contributed by atoms with van der Waals surface area (Å²) in [6.07, 6.45) is 4.69. The molecule has 0 saturated carbocycles. The Bertz CT molecular complexity index is 2390. The predicted molar refractivity (Wildman–Crippen MR) is 206 cm³/mol. The van der Waals surface area contributed by atoms with Gasteiger partial charge in [0.25, 0.3) is 11.6 Å². The number of carbonyl (C=O) groups is 4. The lowest BCUT2D eigenvalue weighted by atomic mass is 9.69. The number of unbranched alkanes of at least 4 members (excludes halogenated alkanes) is 3. The number of carbonyl (C=O) groups excluding carboxylic acids is 4. The summed E-state index contributed by atoms with van der Waals surface area (Å²) in [6, 6.07) is 7.15. The molecule has 0 atom stereocenters. The minimum atomic E-state index is -4.28. The fourth-order valence-electron chi connectivity index (χ4n) is 6.80. The average molecular weight is 777 g/mol. The molecule has 292 valence electrons. The summed E-state index contributed by atoms with van der Waals surface area (Å²) in [6.45, 7) is 8.70. The molecule has 0 aliphatic carbocycles. The number of hydrogen-bond donors (Lipinski definition) is 3. The molecule has 5 rings (SSSR count). The summed E-state index contributed by atoms with van der Waals surface area (Å²) in [7, 11) is -4.28. The number of esters is 1. The van der Waals surface area contributed by atoms with Gasteiger partial charge in [-0.05, 0) is 63.4 Å². The number of anilines is 2. The molecule has 2 amide bonds. The van der Waals surface area contributed by atoms with Crippen molar-refractivity contribution < 1.29 is 41.7 Å². The molecule has 0 unspecified atom stereocenters. The first-order valence-electron chi connectivity index (χ1n) is 18.4. The van der Waals surface area contributed by atoms with Gasteiger partial charge < -0.3 is 19.8 Å². The van der Waals surface area contributed by atoms with E-state index in [1.165, 1.54) is 31.2 Å². The van der Waals surface area contributed by atoms with E-state index in [0.29, 0.717) is 38.5 Å². The highest BCUT2D eigenvalue weighted by molar-refractivity contribution is 7.89. The Kier molecular flexibility index (Phi) is 12.2. The first-order chi connectivity index (χ1) is 26.1. The highest BCUT2D eigenvalue weighted by atomic mass is 32.2. The van der Waals surface area contributed by atoms with E-state index in [0.717, 1.165) is 25.0 Å². The van der Waals surface area contributed by atoms with E-state index in [9.17, 15) is 42.5 Å². The highest BCUT2D eigenvalue weighted by Crippen LogP contribution is 2.44. The highest BCUT2D eigenvalue weighted by Gasteiger charge is 2.49. The van der Waals surface area contributed by atoms with Crippen molar-refractivity contribution in [2.75, 3.05) is 23.8 Å². The van der Waals surface area contributed by atoms with E-state index in [2.05, 4.69) is 15.4 Å². The summed E-state index contributed by atoms with van der Waals surface area (Å²) in [5.41, 5.74) is -3.76. The number of ketones is 1. The van der Waals surface area contributed by atoms with Crippen molar-refractivity contribution in [3.63, 3.8) is 0 Å². The standard InChI is InChI=1S/C39H44N4O11S/c1-6-10-15-39(16-11-7-2)35(45)25-13-14-26-32(44)28-18-23(37(47)53-9-4)19-29(33(28)54-34(26)31(25)42-38(39)48)41-36(46)27-20-24(21-30(22(27)5)43(49)50)55(51,52)40-17-12-8-3/h13-14,18-21,40H,6-12,15-17H2,1-5H3,(H,41,46)(H,42,48). The van der Waals surface area contributed by atoms with Gasteiger partial charge in [-0.15, -0.1) is 0 Å². The number of ether oxygens (including phenoxy) is 1. The molecular weight excluding hydrogens is 733 g/mol. The Balaban J connectivity index is 1.72. The molecule has 1 aromatic heterocycles. The van der Waals surface area contributed by atoms with Crippen LogP contribution in [-0.4, -0.2) is 50.1 Å². The van der Waals surface area contributed by atoms with Crippen LogP contribution < -0.4 is 20.8 Å². The topological polar surface area (TPSA) is 221 Å². The summed E-state index contributed by atoms with van der Waals surface area (Å²) in [4.78, 5) is 79.9. The lowest BCUT2D eigenvalue weighted by Gasteiger charge is -2.35. The minimum absolute atomic E-state index is 0.0122. The number of rotatable bonds is 16. The maximum Gasteiger partial charge on any atom is 0.338 e. The first-order valence-corrected chi connectivity index (χ1v) is 19.8. The van der Waals surface area contributed by atoms with Gasteiger partial charge in [-0.2, -0.15) is 0 Å². The molecule has 1 aliphatic rings. The zero-order valence-electron chi connectivity index (χ0n) is 31.4. The molecule has 0 bridgehead atoms. The van der Waals surface area contributed by atoms with Crippen LogP contribution in [0.25, 0.3) is 21.9 Å². The van der Waals surface area contributed by atoms with Crippen LogP contribution in [-0.2, 0) is 19.6 Å². The van der Waals surface area contributed by atoms with Gasteiger partial charge in [0.05, 0.1) is 49.7 Å². The van der Waals surface area contributed by atoms with Crippen LogP contribution in [0.5, 0.6) is 0 Å². The van der Waals surface area contributed by atoms with E-state index in [-0.39, 0.29) is 74.5 Å². The molecule has 1 aliphatic heterocycles. The second-order valence-corrected chi connectivity index (χ2v) is 15.3. The normalized spacial score (nSPS) is 13.8. The fraction of sp³-hybridized carbons (Fsp3) is 0.410. The second-order valence-electron chi connectivity index (χ2n) is 13.6. The molecular formula is C39H44N4O11S. The van der Waals surface area contributed by atoms with Gasteiger partial charge in [-0.3, -0.25) is 29.3 Å². The lowest BCUT2D eigenvalue weighted by molar-refractivity contribution is -0.385. The van der Waals surface area contributed by atoms with Gasteiger partial charge in [-0.25, -0.2) is 17.9 Å². The number of nitro groups is 1. The zero-order valence-corrected chi connectivity index (χ0v) is 32.2.